The lowest BCUT2D eigenvalue weighted by Gasteiger charge is -2.23. The average molecular weight is 446 g/mol. The molecule has 2 aromatic heterocycles. The minimum Gasteiger partial charge on any atom is -0.321 e. The van der Waals surface area contributed by atoms with Crippen LogP contribution in [-0.2, 0) is 40.3 Å². The van der Waals surface area contributed by atoms with Crippen LogP contribution in [0.3, 0.4) is 0 Å². The first-order valence-electron chi connectivity index (χ1n) is 11.3. The molecule has 0 aliphatic carbocycles. The summed E-state index contributed by atoms with van der Waals surface area (Å²) in [6, 6.07) is 20.7. The van der Waals surface area contributed by atoms with E-state index >= 15 is 0 Å². The van der Waals surface area contributed by atoms with Crippen LogP contribution in [0.4, 0.5) is 0 Å². The number of rotatable bonds is 8. The maximum atomic E-state index is 13.1. The highest BCUT2D eigenvalue weighted by atomic mass is 16.2. The summed E-state index contributed by atoms with van der Waals surface area (Å²) in [5.41, 5.74) is 2.69. The second-order valence-corrected chi connectivity index (χ2v) is 9.03. The van der Waals surface area contributed by atoms with Crippen LogP contribution >= 0.6 is 0 Å². The Bertz CT molecular complexity index is 1310. The molecule has 0 saturated heterocycles. The summed E-state index contributed by atoms with van der Waals surface area (Å²) >= 11 is 0. The van der Waals surface area contributed by atoms with Crippen LogP contribution in [0.1, 0.15) is 30.8 Å². The molecule has 33 heavy (non-hydrogen) atoms. The van der Waals surface area contributed by atoms with Crippen molar-refractivity contribution in [2.24, 2.45) is 20.0 Å². The molecule has 4 rings (SSSR count). The van der Waals surface area contributed by atoms with E-state index in [2.05, 4.69) is 43.0 Å². The first-order chi connectivity index (χ1) is 15.8. The highest BCUT2D eigenvalue weighted by Crippen LogP contribution is 2.18. The van der Waals surface area contributed by atoms with Crippen LogP contribution in [0.5, 0.6) is 0 Å². The summed E-state index contributed by atoms with van der Waals surface area (Å²) in [5, 5.41) is 0. The fraction of sp³-hybridized carbons (Fsp3) is 0.346. The van der Waals surface area contributed by atoms with Crippen molar-refractivity contribution in [1.29, 1.82) is 0 Å². The molecule has 0 aliphatic rings. The zero-order valence-electron chi connectivity index (χ0n) is 19.7. The van der Waals surface area contributed by atoms with Gasteiger partial charge in [0.1, 0.15) is 5.82 Å². The number of fused-ring (bicyclic) bond motifs is 1. The SMILES string of the molecule is CC(C)Cn1c(CN(Cc2ccccc2)Cc2ccccc2)nc2c1c(=O)n(C)c(=O)n2C. The van der Waals surface area contributed by atoms with Gasteiger partial charge in [-0.1, -0.05) is 74.5 Å². The maximum absolute atomic E-state index is 13.1. The number of hydrogen-bond acceptors (Lipinski definition) is 4. The lowest BCUT2D eigenvalue weighted by Crippen LogP contribution is -2.37. The van der Waals surface area contributed by atoms with E-state index in [1.807, 2.05) is 41.0 Å². The molecule has 7 heteroatoms. The van der Waals surface area contributed by atoms with Crippen LogP contribution in [-0.4, -0.2) is 23.6 Å². The van der Waals surface area contributed by atoms with Gasteiger partial charge in [0.15, 0.2) is 11.2 Å². The van der Waals surface area contributed by atoms with Gasteiger partial charge in [-0.15, -0.1) is 0 Å². The summed E-state index contributed by atoms with van der Waals surface area (Å²) in [4.78, 5) is 32.7. The standard InChI is InChI=1S/C26H31N5O2/c1-19(2)15-31-22(27-24-23(31)25(32)29(4)26(33)28(24)3)18-30(16-20-11-7-5-8-12-20)17-21-13-9-6-10-14-21/h5-14,19H,15-18H2,1-4H3. The smallest absolute Gasteiger partial charge is 0.321 e. The zero-order valence-corrected chi connectivity index (χ0v) is 19.7. The molecule has 0 spiro atoms. The van der Waals surface area contributed by atoms with Crippen molar-refractivity contribution in [1.82, 2.24) is 23.6 Å². The van der Waals surface area contributed by atoms with Crippen molar-refractivity contribution < 1.29 is 0 Å². The number of aromatic nitrogens is 4. The Labute approximate surface area is 193 Å². The molecule has 4 aromatic rings. The molecule has 0 amide bonds. The third kappa shape index (κ3) is 4.83. The van der Waals surface area contributed by atoms with Gasteiger partial charge in [-0.3, -0.25) is 18.8 Å². The number of aryl methyl sites for hydroxylation is 1. The van der Waals surface area contributed by atoms with E-state index in [9.17, 15) is 9.59 Å². The molecule has 0 aliphatic heterocycles. The number of nitrogens with zero attached hydrogens (tertiary/aromatic N) is 5. The molecular weight excluding hydrogens is 414 g/mol. The molecule has 2 aromatic carbocycles. The van der Waals surface area contributed by atoms with Crippen LogP contribution < -0.4 is 11.2 Å². The normalized spacial score (nSPS) is 11.7. The van der Waals surface area contributed by atoms with Gasteiger partial charge in [-0.2, -0.15) is 0 Å². The monoisotopic (exact) mass is 445 g/mol. The van der Waals surface area contributed by atoms with Gasteiger partial charge < -0.3 is 4.57 Å². The quantitative estimate of drug-likeness (QED) is 0.418. The molecule has 0 bridgehead atoms. The van der Waals surface area contributed by atoms with Gasteiger partial charge in [-0.25, -0.2) is 9.78 Å². The van der Waals surface area contributed by atoms with Crippen molar-refractivity contribution >= 4 is 11.2 Å². The lowest BCUT2D eigenvalue weighted by molar-refractivity contribution is 0.237. The Morgan fingerprint density at radius 2 is 1.36 bits per heavy atom. The van der Waals surface area contributed by atoms with Gasteiger partial charge in [0.2, 0.25) is 0 Å². The molecular formula is C26H31N5O2. The summed E-state index contributed by atoms with van der Waals surface area (Å²) in [7, 11) is 3.19. The van der Waals surface area contributed by atoms with Gasteiger partial charge in [0.05, 0.1) is 6.54 Å². The van der Waals surface area contributed by atoms with Gasteiger partial charge in [-0.05, 0) is 17.0 Å². The third-order valence-electron chi connectivity index (χ3n) is 5.84. The van der Waals surface area contributed by atoms with E-state index in [0.29, 0.717) is 30.2 Å². The van der Waals surface area contributed by atoms with E-state index in [1.54, 1.807) is 7.05 Å². The van der Waals surface area contributed by atoms with Crippen LogP contribution in [0.15, 0.2) is 70.3 Å². The fourth-order valence-electron chi connectivity index (χ4n) is 4.23. The lowest BCUT2D eigenvalue weighted by atomic mass is 10.1. The Hall–Kier alpha value is -3.45. The first-order valence-corrected chi connectivity index (χ1v) is 11.3. The maximum Gasteiger partial charge on any atom is 0.332 e. The molecule has 0 atom stereocenters. The summed E-state index contributed by atoms with van der Waals surface area (Å²) in [5.74, 6) is 1.11. The predicted molar refractivity (Wildman–Crippen MR) is 131 cm³/mol. The molecule has 0 N–H and O–H groups in total. The summed E-state index contributed by atoms with van der Waals surface area (Å²) in [6.45, 7) is 6.95. The molecule has 0 saturated carbocycles. The largest absolute Gasteiger partial charge is 0.332 e. The van der Waals surface area contributed by atoms with Gasteiger partial charge in [0.25, 0.3) is 5.56 Å². The number of imidazole rings is 1. The Morgan fingerprint density at radius 3 is 1.88 bits per heavy atom. The fourth-order valence-corrected chi connectivity index (χ4v) is 4.23. The minimum atomic E-state index is -0.362. The molecule has 2 heterocycles. The van der Waals surface area contributed by atoms with E-state index < -0.39 is 0 Å². The molecule has 7 nitrogen and oxygen atoms in total. The summed E-state index contributed by atoms with van der Waals surface area (Å²) < 4.78 is 4.64. The molecule has 172 valence electrons. The second-order valence-electron chi connectivity index (χ2n) is 9.03. The topological polar surface area (TPSA) is 65.1 Å². The zero-order chi connectivity index (χ0) is 23.5. The molecule has 0 unspecified atom stereocenters. The van der Waals surface area contributed by atoms with E-state index in [-0.39, 0.29) is 11.2 Å². The van der Waals surface area contributed by atoms with Crippen molar-refractivity contribution in [3.63, 3.8) is 0 Å². The van der Waals surface area contributed by atoms with Gasteiger partial charge >= 0.3 is 5.69 Å². The Kier molecular flexibility index (Phi) is 6.60. The molecule has 0 radical (unpaired) electrons. The predicted octanol–water partition coefficient (Wildman–Crippen LogP) is 3.29. The summed E-state index contributed by atoms with van der Waals surface area (Å²) in [6.07, 6.45) is 0. The minimum absolute atomic E-state index is 0.301. The second kappa shape index (κ2) is 9.58. The van der Waals surface area contributed by atoms with Crippen molar-refractivity contribution in [3.8, 4) is 0 Å². The third-order valence-corrected chi connectivity index (χ3v) is 5.84. The van der Waals surface area contributed by atoms with Gasteiger partial charge in [0, 0.05) is 33.7 Å². The number of hydrogen-bond donors (Lipinski definition) is 0. The number of benzene rings is 2. The highest BCUT2D eigenvalue weighted by Gasteiger charge is 2.21. The first kappa shape index (κ1) is 22.7. The highest BCUT2D eigenvalue weighted by molar-refractivity contribution is 5.71. The van der Waals surface area contributed by atoms with Crippen molar-refractivity contribution in [2.75, 3.05) is 0 Å². The van der Waals surface area contributed by atoms with Crippen molar-refractivity contribution in [2.45, 2.75) is 40.0 Å². The van der Waals surface area contributed by atoms with E-state index in [0.717, 1.165) is 23.5 Å². The Balaban J connectivity index is 1.80. The van der Waals surface area contributed by atoms with E-state index in [4.69, 9.17) is 4.98 Å². The van der Waals surface area contributed by atoms with Crippen LogP contribution in [0.25, 0.3) is 11.2 Å². The Morgan fingerprint density at radius 1 is 0.818 bits per heavy atom. The van der Waals surface area contributed by atoms with Crippen LogP contribution in [0, 0.1) is 5.92 Å². The average Bonchev–Trinajstić information content (AvgIpc) is 3.15. The van der Waals surface area contributed by atoms with Crippen molar-refractivity contribution in [3.05, 3.63) is 98.5 Å². The molecule has 0 fully saturated rings. The van der Waals surface area contributed by atoms with Crippen LogP contribution in [0.2, 0.25) is 0 Å². The van der Waals surface area contributed by atoms with E-state index in [1.165, 1.54) is 22.7 Å².